The van der Waals surface area contributed by atoms with Gasteiger partial charge in [0, 0.05) is 13.1 Å². The minimum Gasteiger partial charge on any atom is -0.465 e. The number of alkyl halides is 2. The van der Waals surface area contributed by atoms with E-state index in [1.54, 1.807) is 25.1 Å². The first-order valence-electron chi connectivity index (χ1n) is 10.5. The third-order valence-corrected chi connectivity index (χ3v) is 5.19. The number of halogens is 3. The molecule has 1 aromatic heterocycles. The molecule has 0 aliphatic carbocycles. The Morgan fingerprint density at radius 1 is 1.15 bits per heavy atom. The average molecular weight is 475 g/mol. The maximum Gasteiger partial charge on any atom is 0.337 e. The van der Waals surface area contributed by atoms with E-state index in [0.717, 1.165) is 10.7 Å². The largest absolute Gasteiger partial charge is 0.465 e. The van der Waals surface area contributed by atoms with Crippen LogP contribution < -0.4 is 10.1 Å². The Morgan fingerprint density at radius 3 is 2.41 bits per heavy atom. The molecule has 34 heavy (non-hydrogen) atoms. The Bertz CT molecular complexity index is 1190. The predicted octanol–water partition coefficient (Wildman–Crippen LogP) is 5.13. The van der Waals surface area contributed by atoms with E-state index < -0.39 is 41.4 Å². The van der Waals surface area contributed by atoms with Crippen molar-refractivity contribution in [2.24, 2.45) is 7.05 Å². The first-order chi connectivity index (χ1) is 16.1. The van der Waals surface area contributed by atoms with Crippen molar-refractivity contribution in [3.05, 3.63) is 76.2 Å². The zero-order valence-electron chi connectivity index (χ0n) is 19.1. The molecule has 3 aromatic rings. The molecule has 0 spiro atoms. The number of nitrogens with one attached hydrogen (secondary N) is 1. The third kappa shape index (κ3) is 5.38. The van der Waals surface area contributed by atoms with Crippen LogP contribution in [0.25, 0.3) is 0 Å². The molecule has 0 bridgehead atoms. The smallest absolute Gasteiger partial charge is 0.337 e. The second-order valence-corrected chi connectivity index (χ2v) is 7.55. The molecule has 7 nitrogen and oxygen atoms in total. The number of rotatable bonds is 8. The lowest BCUT2D eigenvalue weighted by Crippen LogP contribution is -2.27. The van der Waals surface area contributed by atoms with Gasteiger partial charge in [-0.3, -0.25) is 4.79 Å². The molecule has 3 rings (SSSR count). The van der Waals surface area contributed by atoms with Crippen molar-refractivity contribution in [3.63, 3.8) is 0 Å². The van der Waals surface area contributed by atoms with Crippen molar-refractivity contribution in [3.8, 4) is 11.6 Å². The number of nitrogens with zero attached hydrogens (tertiary/aromatic N) is 2. The number of hydrogen-bond donors (Lipinski definition) is 1. The van der Waals surface area contributed by atoms with Gasteiger partial charge >= 0.3 is 5.97 Å². The van der Waals surface area contributed by atoms with Crippen LogP contribution in [0.3, 0.4) is 0 Å². The molecule has 1 amide bonds. The van der Waals surface area contributed by atoms with Crippen molar-refractivity contribution in [2.45, 2.75) is 32.7 Å². The minimum atomic E-state index is -3.04. The number of hydrogen-bond acceptors (Lipinski definition) is 5. The molecule has 0 saturated carbocycles. The molecule has 1 heterocycles. The topological polar surface area (TPSA) is 82.4 Å². The number of carbonyl (C=O) groups excluding carboxylic acids is 2. The lowest BCUT2D eigenvalue weighted by atomic mass is 10.1. The number of aromatic nitrogens is 2. The van der Waals surface area contributed by atoms with E-state index >= 15 is 0 Å². The van der Waals surface area contributed by atoms with E-state index in [4.69, 9.17) is 4.74 Å². The Balaban J connectivity index is 1.91. The van der Waals surface area contributed by atoms with E-state index in [-0.39, 0.29) is 11.6 Å². The van der Waals surface area contributed by atoms with Crippen molar-refractivity contribution in [1.29, 1.82) is 0 Å². The Hall–Kier alpha value is -3.82. The summed E-state index contributed by atoms with van der Waals surface area (Å²) >= 11 is 0. The summed E-state index contributed by atoms with van der Waals surface area (Å²) in [6.45, 7) is 3.49. The monoisotopic (exact) mass is 475 g/mol. The Labute approximate surface area is 194 Å². The molecule has 0 aliphatic rings. The fourth-order valence-corrected chi connectivity index (χ4v) is 3.38. The standard InChI is InChI=1S/C24H24F3N3O4/c1-5-14-10-17(25)12-18(11-14)34-23-19(20(21(26)27)29-30(23)3)22(31)28-13(2)15-6-8-16(9-7-15)24(32)33-4/h6-13,21H,5H2,1-4H3,(H,28,31). The van der Waals surface area contributed by atoms with Crippen molar-refractivity contribution < 1.29 is 32.2 Å². The number of methoxy groups -OCH3 is 1. The summed E-state index contributed by atoms with van der Waals surface area (Å²) in [5.74, 6) is -2.09. The summed E-state index contributed by atoms with van der Waals surface area (Å²) in [4.78, 5) is 24.7. The summed E-state index contributed by atoms with van der Waals surface area (Å²) in [5, 5.41) is 6.40. The summed E-state index contributed by atoms with van der Waals surface area (Å²) in [6, 6.07) is 9.69. The maximum atomic E-state index is 13.9. The number of benzene rings is 2. The van der Waals surface area contributed by atoms with Crippen LogP contribution in [-0.2, 0) is 18.2 Å². The third-order valence-electron chi connectivity index (χ3n) is 5.19. The highest BCUT2D eigenvalue weighted by atomic mass is 19.3. The van der Waals surface area contributed by atoms with Crippen LogP contribution in [0.15, 0.2) is 42.5 Å². The van der Waals surface area contributed by atoms with Crippen molar-refractivity contribution in [2.75, 3.05) is 7.11 Å². The lowest BCUT2D eigenvalue weighted by Gasteiger charge is -2.16. The normalized spacial score (nSPS) is 11.9. The van der Waals surface area contributed by atoms with E-state index in [2.05, 4.69) is 15.2 Å². The lowest BCUT2D eigenvalue weighted by molar-refractivity contribution is 0.0600. The molecule has 1 N–H and O–H groups in total. The molecular weight excluding hydrogens is 451 g/mol. The van der Waals surface area contributed by atoms with Crippen LogP contribution in [0.2, 0.25) is 0 Å². The molecule has 1 atom stereocenters. The van der Waals surface area contributed by atoms with E-state index in [1.165, 1.54) is 32.4 Å². The molecule has 1 unspecified atom stereocenters. The highest BCUT2D eigenvalue weighted by Gasteiger charge is 2.30. The fourth-order valence-electron chi connectivity index (χ4n) is 3.38. The Kier molecular flexibility index (Phi) is 7.60. The van der Waals surface area contributed by atoms with Crippen LogP contribution in [0.1, 0.15) is 63.9 Å². The molecule has 0 saturated heterocycles. The van der Waals surface area contributed by atoms with Gasteiger partial charge in [-0.2, -0.15) is 5.10 Å². The van der Waals surface area contributed by atoms with Crippen LogP contribution in [0, 0.1) is 5.82 Å². The Morgan fingerprint density at radius 2 is 1.82 bits per heavy atom. The van der Waals surface area contributed by atoms with Gasteiger partial charge in [-0.1, -0.05) is 19.1 Å². The summed E-state index contributed by atoms with van der Waals surface area (Å²) in [6.07, 6.45) is -2.51. The SMILES string of the molecule is CCc1cc(F)cc(Oc2c(C(=O)NC(C)c3ccc(C(=O)OC)cc3)c(C(F)F)nn2C)c1. The van der Waals surface area contributed by atoms with Crippen LogP contribution in [0.5, 0.6) is 11.6 Å². The van der Waals surface area contributed by atoms with E-state index in [0.29, 0.717) is 23.1 Å². The van der Waals surface area contributed by atoms with Crippen molar-refractivity contribution >= 4 is 11.9 Å². The highest BCUT2D eigenvalue weighted by molar-refractivity contribution is 5.98. The van der Waals surface area contributed by atoms with Gasteiger partial charge in [0.15, 0.2) is 0 Å². The summed E-state index contributed by atoms with van der Waals surface area (Å²) < 4.78 is 52.7. The second-order valence-electron chi connectivity index (χ2n) is 7.55. The number of esters is 1. The zero-order valence-corrected chi connectivity index (χ0v) is 19.1. The number of aryl methyl sites for hydroxylation is 2. The molecular formula is C24H24F3N3O4. The minimum absolute atomic E-state index is 0.0566. The van der Waals surface area contributed by atoms with Gasteiger partial charge in [-0.25, -0.2) is 22.6 Å². The zero-order chi connectivity index (χ0) is 25.0. The molecule has 0 fully saturated rings. The van der Waals surface area contributed by atoms with Gasteiger partial charge in [0.1, 0.15) is 22.8 Å². The predicted molar refractivity (Wildman–Crippen MR) is 118 cm³/mol. The second kappa shape index (κ2) is 10.4. The van der Waals surface area contributed by atoms with Gasteiger partial charge in [-0.15, -0.1) is 0 Å². The molecule has 2 aromatic carbocycles. The van der Waals surface area contributed by atoms with Gasteiger partial charge in [0.2, 0.25) is 5.88 Å². The summed E-state index contributed by atoms with van der Waals surface area (Å²) in [7, 11) is 2.62. The summed E-state index contributed by atoms with van der Waals surface area (Å²) in [5.41, 5.74) is 0.396. The molecule has 0 radical (unpaired) electrons. The van der Waals surface area contributed by atoms with Gasteiger partial charge in [-0.05, 0) is 48.7 Å². The van der Waals surface area contributed by atoms with E-state index in [9.17, 15) is 22.8 Å². The highest BCUT2D eigenvalue weighted by Crippen LogP contribution is 2.33. The van der Waals surface area contributed by atoms with Gasteiger partial charge < -0.3 is 14.8 Å². The van der Waals surface area contributed by atoms with Crippen LogP contribution >= 0.6 is 0 Å². The van der Waals surface area contributed by atoms with E-state index in [1.807, 2.05) is 6.92 Å². The van der Waals surface area contributed by atoms with Crippen molar-refractivity contribution in [1.82, 2.24) is 15.1 Å². The molecule has 0 aliphatic heterocycles. The van der Waals surface area contributed by atoms with Gasteiger partial charge in [0.05, 0.1) is 18.7 Å². The fraction of sp³-hybridized carbons (Fsp3) is 0.292. The average Bonchev–Trinajstić information content (AvgIpc) is 3.14. The maximum absolute atomic E-state index is 13.9. The molecule has 180 valence electrons. The quantitative estimate of drug-likeness (QED) is 0.457. The molecule has 10 heteroatoms. The van der Waals surface area contributed by atoms with Crippen LogP contribution in [-0.4, -0.2) is 28.8 Å². The van der Waals surface area contributed by atoms with Crippen LogP contribution in [0.4, 0.5) is 13.2 Å². The first-order valence-corrected chi connectivity index (χ1v) is 10.5. The number of ether oxygens (including phenoxy) is 2. The number of amides is 1. The van der Waals surface area contributed by atoms with Gasteiger partial charge in [0.25, 0.3) is 12.3 Å². The number of carbonyl (C=O) groups is 2. The first kappa shape index (κ1) is 24.8.